The maximum absolute atomic E-state index is 12.0. The van der Waals surface area contributed by atoms with Crippen LogP contribution in [-0.2, 0) is 16.1 Å². The van der Waals surface area contributed by atoms with Crippen molar-refractivity contribution in [1.29, 1.82) is 0 Å². The number of aliphatic carboxylic acids is 1. The van der Waals surface area contributed by atoms with Crippen molar-refractivity contribution in [3.05, 3.63) is 35.9 Å². The minimum Gasteiger partial charge on any atom is -0.480 e. The average Bonchev–Trinajstić information content (AvgIpc) is 2.47. The highest BCUT2D eigenvalue weighted by Gasteiger charge is 2.28. The lowest BCUT2D eigenvalue weighted by molar-refractivity contribution is -0.139. The fourth-order valence-corrected chi connectivity index (χ4v) is 2.38. The van der Waals surface area contributed by atoms with Gasteiger partial charge in [-0.3, -0.25) is 9.69 Å². The van der Waals surface area contributed by atoms with Crippen molar-refractivity contribution in [1.82, 2.24) is 9.80 Å². The molecule has 0 radical (unpaired) electrons. The Balaban J connectivity index is 1.80. The van der Waals surface area contributed by atoms with Gasteiger partial charge >= 0.3 is 12.1 Å². The molecule has 1 aliphatic rings. The molecule has 1 amide bonds. The van der Waals surface area contributed by atoms with Gasteiger partial charge < -0.3 is 14.7 Å². The molecule has 1 aromatic rings. The zero-order chi connectivity index (χ0) is 15.2. The van der Waals surface area contributed by atoms with Crippen molar-refractivity contribution in [2.75, 3.05) is 26.2 Å². The van der Waals surface area contributed by atoms with E-state index in [1.165, 1.54) is 0 Å². The molecule has 1 heterocycles. The number of piperazine rings is 1. The first-order valence-electron chi connectivity index (χ1n) is 6.97. The van der Waals surface area contributed by atoms with Gasteiger partial charge in [0.1, 0.15) is 6.61 Å². The number of ether oxygens (including phenoxy) is 1. The molecule has 0 spiro atoms. The van der Waals surface area contributed by atoms with E-state index in [1.807, 2.05) is 42.2 Å². The second kappa shape index (κ2) is 7.08. The number of carboxylic acids is 1. The maximum atomic E-state index is 12.0. The van der Waals surface area contributed by atoms with Crippen LogP contribution in [0.3, 0.4) is 0 Å². The highest BCUT2D eigenvalue weighted by atomic mass is 16.6. The molecule has 6 nitrogen and oxygen atoms in total. The molecule has 21 heavy (non-hydrogen) atoms. The summed E-state index contributed by atoms with van der Waals surface area (Å²) in [5, 5.41) is 8.82. The van der Waals surface area contributed by atoms with Crippen LogP contribution >= 0.6 is 0 Å². The summed E-state index contributed by atoms with van der Waals surface area (Å²) in [4.78, 5) is 26.2. The molecule has 1 N–H and O–H groups in total. The lowest BCUT2D eigenvalue weighted by Crippen LogP contribution is -2.54. The number of carboxylic acid groups (broad SMARTS) is 1. The third-order valence-electron chi connectivity index (χ3n) is 3.57. The Hall–Kier alpha value is -2.08. The van der Waals surface area contributed by atoms with Crippen LogP contribution in [0.15, 0.2) is 30.3 Å². The molecule has 0 aliphatic carbocycles. The second-order valence-electron chi connectivity index (χ2n) is 5.20. The fraction of sp³-hybridized carbons (Fsp3) is 0.467. The Kier molecular flexibility index (Phi) is 5.16. The van der Waals surface area contributed by atoms with Crippen molar-refractivity contribution in [3.63, 3.8) is 0 Å². The minimum atomic E-state index is -0.845. The van der Waals surface area contributed by atoms with Gasteiger partial charge in [0.15, 0.2) is 0 Å². The molecule has 2 rings (SSSR count). The van der Waals surface area contributed by atoms with E-state index in [4.69, 9.17) is 9.84 Å². The van der Waals surface area contributed by atoms with Gasteiger partial charge in [-0.05, 0) is 12.5 Å². The second-order valence-corrected chi connectivity index (χ2v) is 5.20. The van der Waals surface area contributed by atoms with Crippen molar-refractivity contribution in [2.24, 2.45) is 0 Å². The molecular formula is C15H20N2O4. The third kappa shape index (κ3) is 4.46. The Bertz CT molecular complexity index is 492. The first-order valence-corrected chi connectivity index (χ1v) is 6.97. The smallest absolute Gasteiger partial charge is 0.410 e. The summed E-state index contributed by atoms with van der Waals surface area (Å²) in [6, 6.07) is 9.53. The van der Waals surface area contributed by atoms with Gasteiger partial charge in [0, 0.05) is 25.7 Å². The number of hydrogen-bond acceptors (Lipinski definition) is 4. The van der Waals surface area contributed by atoms with Crippen LogP contribution in [0.2, 0.25) is 0 Å². The van der Waals surface area contributed by atoms with Gasteiger partial charge in [0.2, 0.25) is 0 Å². The lowest BCUT2D eigenvalue weighted by Gasteiger charge is -2.38. The Morgan fingerprint density at radius 2 is 2.00 bits per heavy atom. The van der Waals surface area contributed by atoms with E-state index in [0.717, 1.165) is 5.56 Å². The summed E-state index contributed by atoms with van der Waals surface area (Å²) in [6.07, 6.45) is -0.347. The summed E-state index contributed by atoms with van der Waals surface area (Å²) in [7, 11) is 0. The van der Waals surface area contributed by atoms with Crippen LogP contribution in [0.4, 0.5) is 4.79 Å². The van der Waals surface area contributed by atoms with E-state index < -0.39 is 5.97 Å². The van der Waals surface area contributed by atoms with Crippen molar-refractivity contribution < 1.29 is 19.4 Å². The number of amides is 1. The van der Waals surface area contributed by atoms with Crippen LogP contribution in [0.5, 0.6) is 0 Å². The van der Waals surface area contributed by atoms with Crippen molar-refractivity contribution >= 4 is 12.1 Å². The van der Waals surface area contributed by atoms with Crippen molar-refractivity contribution in [3.8, 4) is 0 Å². The van der Waals surface area contributed by atoms with Gasteiger partial charge in [-0.2, -0.15) is 0 Å². The molecule has 1 fully saturated rings. The average molecular weight is 292 g/mol. The quantitative estimate of drug-likeness (QED) is 0.908. The standard InChI is InChI=1S/C15H20N2O4/c1-12-9-17(8-7-16(12)10-14(18)19)15(20)21-11-13-5-3-2-4-6-13/h2-6,12H,7-11H2,1H3,(H,18,19)/t12-/m1/s1. The van der Waals surface area contributed by atoms with Gasteiger partial charge in [0.25, 0.3) is 0 Å². The summed E-state index contributed by atoms with van der Waals surface area (Å²) in [6.45, 7) is 3.71. The predicted molar refractivity (Wildman–Crippen MR) is 76.9 cm³/mol. The molecule has 1 saturated heterocycles. The SMILES string of the molecule is C[C@@H]1CN(C(=O)OCc2ccccc2)CCN1CC(=O)O. The Morgan fingerprint density at radius 1 is 1.29 bits per heavy atom. The molecule has 0 saturated carbocycles. The van der Waals surface area contributed by atoms with Crippen LogP contribution in [0.25, 0.3) is 0 Å². The zero-order valence-electron chi connectivity index (χ0n) is 12.1. The monoisotopic (exact) mass is 292 g/mol. The molecular weight excluding hydrogens is 272 g/mol. The Labute approximate surface area is 123 Å². The molecule has 1 aromatic carbocycles. The van der Waals surface area contributed by atoms with E-state index in [2.05, 4.69) is 0 Å². The number of nitrogens with zero attached hydrogens (tertiary/aromatic N) is 2. The Morgan fingerprint density at radius 3 is 2.62 bits per heavy atom. The number of hydrogen-bond donors (Lipinski definition) is 1. The van der Waals surface area contributed by atoms with Crippen LogP contribution < -0.4 is 0 Å². The lowest BCUT2D eigenvalue weighted by atomic mass is 10.2. The predicted octanol–water partition coefficient (Wildman–Crippen LogP) is 1.41. The van der Waals surface area contributed by atoms with E-state index in [0.29, 0.717) is 19.6 Å². The normalized spacial score (nSPS) is 19.3. The van der Waals surface area contributed by atoms with E-state index in [-0.39, 0.29) is 25.3 Å². The minimum absolute atomic E-state index is 0.00801. The highest BCUT2D eigenvalue weighted by molar-refractivity contribution is 5.69. The first-order chi connectivity index (χ1) is 10.1. The van der Waals surface area contributed by atoms with Gasteiger partial charge in [-0.25, -0.2) is 4.79 Å². The zero-order valence-corrected chi connectivity index (χ0v) is 12.1. The molecule has 0 unspecified atom stereocenters. The van der Waals surface area contributed by atoms with E-state index in [9.17, 15) is 9.59 Å². The summed E-state index contributed by atoms with van der Waals surface area (Å²) >= 11 is 0. The van der Waals surface area contributed by atoms with Crippen LogP contribution in [0, 0.1) is 0 Å². The molecule has 1 aliphatic heterocycles. The third-order valence-corrected chi connectivity index (χ3v) is 3.57. The van der Waals surface area contributed by atoms with Crippen molar-refractivity contribution in [2.45, 2.75) is 19.6 Å². The fourth-order valence-electron chi connectivity index (χ4n) is 2.38. The maximum Gasteiger partial charge on any atom is 0.410 e. The first kappa shape index (κ1) is 15.3. The number of benzene rings is 1. The summed E-state index contributed by atoms with van der Waals surface area (Å²) in [5.41, 5.74) is 0.948. The van der Waals surface area contributed by atoms with E-state index >= 15 is 0 Å². The van der Waals surface area contributed by atoms with Gasteiger partial charge in [-0.15, -0.1) is 0 Å². The molecule has 1 atom stereocenters. The number of rotatable bonds is 4. The number of carbonyl (C=O) groups is 2. The number of carbonyl (C=O) groups excluding carboxylic acids is 1. The van der Waals surface area contributed by atoms with Gasteiger partial charge in [0.05, 0.1) is 6.54 Å². The van der Waals surface area contributed by atoms with E-state index in [1.54, 1.807) is 4.90 Å². The van der Waals surface area contributed by atoms with Crippen LogP contribution in [0.1, 0.15) is 12.5 Å². The summed E-state index contributed by atoms with van der Waals surface area (Å²) < 4.78 is 5.28. The molecule has 6 heteroatoms. The molecule has 0 aromatic heterocycles. The molecule has 0 bridgehead atoms. The largest absolute Gasteiger partial charge is 0.480 e. The highest BCUT2D eigenvalue weighted by Crippen LogP contribution is 2.11. The van der Waals surface area contributed by atoms with Gasteiger partial charge in [-0.1, -0.05) is 30.3 Å². The summed E-state index contributed by atoms with van der Waals surface area (Å²) in [5.74, 6) is -0.845. The van der Waals surface area contributed by atoms with Crippen LogP contribution in [-0.4, -0.2) is 59.2 Å². The topological polar surface area (TPSA) is 70.1 Å². The molecule has 114 valence electrons.